The number of hydrogen-bond donors (Lipinski definition) is 1. The van der Waals surface area contributed by atoms with Crippen LogP contribution in [-0.4, -0.2) is 86.2 Å². The molecule has 1 saturated carbocycles. The van der Waals surface area contributed by atoms with E-state index in [1.165, 1.54) is 44.2 Å². The molecule has 2 aliphatic heterocycles. The Kier molecular flexibility index (Phi) is 6.93. The predicted octanol–water partition coefficient (Wildman–Crippen LogP) is 3.31. The van der Waals surface area contributed by atoms with E-state index < -0.39 is 0 Å². The van der Waals surface area contributed by atoms with E-state index in [1.807, 2.05) is 17.0 Å². The lowest BCUT2D eigenvalue weighted by molar-refractivity contribution is 0.105. The molecule has 1 aromatic rings. The van der Waals surface area contributed by atoms with Crippen molar-refractivity contribution >= 4 is 17.4 Å². The van der Waals surface area contributed by atoms with Crippen LogP contribution in [0.5, 0.6) is 0 Å². The third-order valence-corrected chi connectivity index (χ3v) is 6.93. The molecule has 0 aromatic heterocycles. The van der Waals surface area contributed by atoms with E-state index in [0.717, 1.165) is 64.1 Å². The molecule has 0 unspecified atom stereocenters. The van der Waals surface area contributed by atoms with Gasteiger partial charge in [0.05, 0.1) is 0 Å². The number of urea groups is 1. The molecule has 4 rings (SSSR count). The van der Waals surface area contributed by atoms with Crippen molar-refractivity contribution in [3.8, 4) is 0 Å². The van der Waals surface area contributed by atoms with Gasteiger partial charge in [0.1, 0.15) is 0 Å². The lowest BCUT2D eigenvalue weighted by atomic mass is 10.1. The Morgan fingerprint density at radius 2 is 1.45 bits per heavy atom. The topological polar surface area (TPSA) is 42.1 Å². The molecular weight excluding hydrogens is 362 g/mol. The van der Waals surface area contributed by atoms with Gasteiger partial charge in [-0.25, -0.2) is 4.79 Å². The van der Waals surface area contributed by atoms with E-state index in [2.05, 4.69) is 39.2 Å². The van der Waals surface area contributed by atoms with E-state index >= 15 is 0 Å². The number of nitrogens with one attached hydrogen (secondary N) is 1. The molecule has 1 aromatic carbocycles. The first kappa shape index (κ1) is 20.5. The average Bonchev–Trinajstić information content (AvgIpc) is 3.05. The first-order valence-electron chi connectivity index (χ1n) is 11.5. The summed E-state index contributed by atoms with van der Waals surface area (Å²) < 4.78 is 0. The molecule has 1 aliphatic carbocycles. The lowest BCUT2D eigenvalue weighted by Gasteiger charge is -2.39. The monoisotopic (exact) mass is 399 g/mol. The van der Waals surface area contributed by atoms with Crippen molar-refractivity contribution < 1.29 is 4.79 Å². The van der Waals surface area contributed by atoms with Crippen molar-refractivity contribution in [3.63, 3.8) is 0 Å². The number of anilines is 2. The Hall–Kier alpha value is -1.79. The molecule has 6 nitrogen and oxygen atoms in total. The lowest BCUT2D eigenvalue weighted by Crippen LogP contribution is -2.52. The largest absolute Gasteiger partial charge is 0.369 e. The van der Waals surface area contributed by atoms with Gasteiger partial charge < -0.3 is 20.0 Å². The highest BCUT2D eigenvalue weighted by Gasteiger charge is 2.26. The Bertz CT molecular complexity index is 640. The van der Waals surface area contributed by atoms with Gasteiger partial charge in [-0.3, -0.25) is 4.90 Å². The minimum atomic E-state index is 0.0397. The maximum atomic E-state index is 12.7. The van der Waals surface area contributed by atoms with Crippen LogP contribution in [0.25, 0.3) is 0 Å². The van der Waals surface area contributed by atoms with Crippen LogP contribution in [0.1, 0.15) is 38.5 Å². The summed E-state index contributed by atoms with van der Waals surface area (Å²) >= 11 is 0. The zero-order valence-electron chi connectivity index (χ0n) is 18.0. The number of carbonyl (C=O) groups is 1. The maximum absolute atomic E-state index is 12.7. The summed E-state index contributed by atoms with van der Waals surface area (Å²) in [5, 5.41) is 3.09. The van der Waals surface area contributed by atoms with E-state index in [1.54, 1.807) is 0 Å². The Labute approximate surface area is 175 Å². The summed E-state index contributed by atoms with van der Waals surface area (Å²) in [5.41, 5.74) is 2.13. The quantitative estimate of drug-likeness (QED) is 0.792. The number of amides is 2. The molecule has 3 aliphatic rings. The summed E-state index contributed by atoms with van der Waals surface area (Å²) in [4.78, 5) is 22.1. The molecule has 29 heavy (non-hydrogen) atoms. The van der Waals surface area contributed by atoms with Crippen molar-refractivity contribution in [2.75, 3.05) is 69.6 Å². The second kappa shape index (κ2) is 9.81. The van der Waals surface area contributed by atoms with Gasteiger partial charge in [0.2, 0.25) is 0 Å². The van der Waals surface area contributed by atoms with Gasteiger partial charge in [-0.05, 0) is 44.2 Å². The molecule has 6 heteroatoms. The molecule has 2 amide bonds. The third kappa shape index (κ3) is 5.43. The van der Waals surface area contributed by atoms with Crippen molar-refractivity contribution in [1.29, 1.82) is 0 Å². The van der Waals surface area contributed by atoms with Crippen LogP contribution < -0.4 is 10.2 Å². The van der Waals surface area contributed by atoms with Gasteiger partial charge >= 0.3 is 6.03 Å². The van der Waals surface area contributed by atoms with Gasteiger partial charge in [0, 0.05) is 69.8 Å². The third-order valence-electron chi connectivity index (χ3n) is 6.93. The van der Waals surface area contributed by atoms with Crippen LogP contribution in [0, 0.1) is 0 Å². The number of rotatable bonds is 3. The van der Waals surface area contributed by atoms with Crippen LogP contribution in [0.15, 0.2) is 24.3 Å². The Balaban J connectivity index is 1.24. The Morgan fingerprint density at radius 1 is 0.828 bits per heavy atom. The minimum Gasteiger partial charge on any atom is -0.369 e. The number of piperazine rings is 2. The standard InChI is InChI=1S/C23H37N5O/c1-25-12-14-26(15-13-25)22-10-8-20(9-11-22)24-23(29)28-18-16-27(17-19-28)21-6-4-2-3-5-7-21/h8-11,21H,2-7,12-19H2,1H3,(H,24,29). The first-order chi connectivity index (χ1) is 14.2. The van der Waals surface area contributed by atoms with E-state index in [-0.39, 0.29) is 6.03 Å². The SMILES string of the molecule is CN1CCN(c2ccc(NC(=O)N3CCN(C4CCCCCC4)CC3)cc2)CC1. The molecule has 0 radical (unpaired) electrons. The number of benzene rings is 1. The molecule has 2 heterocycles. The highest BCUT2D eigenvalue weighted by molar-refractivity contribution is 5.89. The first-order valence-corrected chi connectivity index (χ1v) is 11.5. The average molecular weight is 400 g/mol. The van der Waals surface area contributed by atoms with Gasteiger partial charge in [-0.15, -0.1) is 0 Å². The second-order valence-corrected chi connectivity index (χ2v) is 8.94. The van der Waals surface area contributed by atoms with E-state index in [9.17, 15) is 4.79 Å². The fraction of sp³-hybridized carbons (Fsp3) is 0.696. The number of carbonyl (C=O) groups excluding carboxylic acids is 1. The highest BCUT2D eigenvalue weighted by atomic mass is 16.2. The van der Waals surface area contributed by atoms with Crippen LogP contribution in [0.4, 0.5) is 16.2 Å². The number of nitrogens with zero attached hydrogens (tertiary/aromatic N) is 4. The summed E-state index contributed by atoms with van der Waals surface area (Å²) in [6.45, 7) is 8.03. The fourth-order valence-corrected chi connectivity index (χ4v) is 4.94. The van der Waals surface area contributed by atoms with E-state index in [0.29, 0.717) is 0 Å². The normalized spacial score (nSPS) is 23.1. The number of hydrogen-bond acceptors (Lipinski definition) is 4. The minimum absolute atomic E-state index is 0.0397. The van der Waals surface area contributed by atoms with Gasteiger partial charge in [-0.2, -0.15) is 0 Å². The van der Waals surface area contributed by atoms with Crippen LogP contribution in [-0.2, 0) is 0 Å². The molecule has 1 N–H and O–H groups in total. The second-order valence-electron chi connectivity index (χ2n) is 8.94. The van der Waals surface area contributed by atoms with Gasteiger partial charge in [-0.1, -0.05) is 25.7 Å². The summed E-state index contributed by atoms with van der Waals surface area (Å²) in [5.74, 6) is 0. The van der Waals surface area contributed by atoms with Gasteiger partial charge in [0.15, 0.2) is 0 Å². The maximum Gasteiger partial charge on any atom is 0.321 e. The molecular formula is C23H37N5O. The molecule has 160 valence electrons. The highest BCUT2D eigenvalue weighted by Crippen LogP contribution is 2.23. The molecule has 0 bridgehead atoms. The zero-order valence-corrected chi connectivity index (χ0v) is 18.0. The molecule has 0 atom stereocenters. The zero-order chi connectivity index (χ0) is 20.1. The van der Waals surface area contributed by atoms with Gasteiger partial charge in [0.25, 0.3) is 0 Å². The molecule has 2 saturated heterocycles. The van der Waals surface area contributed by atoms with Crippen LogP contribution >= 0.6 is 0 Å². The predicted molar refractivity (Wildman–Crippen MR) is 120 cm³/mol. The molecule has 3 fully saturated rings. The Morgan fingerprint density at radius 3 is 2.07 bits per heavy atom. The van der Waals surface area contributed by atoms with Crippen molar-refractivity contribution in [2.45, 2.75) is 44.6 Å². The molecule has 0 spiro atoms. The summed E-state index contributed by atoms with van der Waals surface area (Å²) in [7, 11) is 2.17. The fourth-order valence-electron chi connectivity index (χ4n) is 4.94. The van der Waals surface area contributed by atoms with Crippen molar-refractivity contribution in [1.82, 2.24) is 14.7 Å². The smallest absolute Gasteiger partial charge is 0.321 e. The van der Waals surface area contributed by atoms with Crippen molar-refractivity contribution in [2.24, 2.45) is 0 Å². The van der Waals surface area contributed by atoms with E-state index in [4.69, 9.17) is 0 Å². The van der Waals surface area contributed by atoms with Crippen molar-refractivity contribution in [3.05, 3.63) is 24.3 Å². The summed E-state index contributed by atoms with van der Waals surface area (Å²) in [6.07, 6.45) is 8.21. The van der Waals surface area contributed by atoms with Crippen LogP contribution in [0.2, 0.25) is 0 Å². The number of likely N-dealkylation sites (N-methyl/N-ethyl adjacent to an activating group) is 1. The van der Waals surface area contributed by atoms with Crippen LogP contribution in [0.3, 0.4) is 0 Å². The summed E-state index contributed by atoms with van der Waals surface area (Å²) in [6, 6.07) is 9.11.